The van der Waals surface area contributed by atoms with Crippen LogP contribution >= 0.6 is 0 Å². The summed E-state index contributed by atoms with van der Waals surface area (Å²) in [4.78, 5) is 29.8. The number of carbonyl (C=O) groups excluding carboxylic acids is 1. The van der Waals surface area contributed by atoms with Crippen molar-refractivity contribution in [2.75, 3.05) is 19.7 Å². The number of unbranched alkanes of at least 4 members (excludes halogenated alkanes) is 1. The van der Waals surface area contributed by atoms with Crippen LogP contribution in [0.5, 0.6) is 0 Å². The van der Waals surface area contributed by atoms with Crippen molar-refractivity contribution >= 4 is 6.09 Å². The summed E-state index contributed by atoms with van der Waals surface area (Å²) in [6, 6.07) is 0.00618. The predicted octanol–water partition coefficient (Wildman–Crippen LogP) is 2.13. The Morgan fingerprint density at radius 2 is 2.33 bits per heavy atom. The fourth-order valence-corrected chi connectivity index (χ4v) is 2.56. The molecule has 1 atom stereocenters. The minimum absolute atomic E-state index is 0.00618. The van der Waals surface area contributed by atoms with E-state index >= 15 is 0 Å². The van der Waals surface area contributed by atoms with E-state index in [2.05, 4.69) is 11.9 Å². The first-order chi connectivity index (χ1) is 10.1. The Morgan fingerprint density at radius 3 is 3.10 bits per heavy atom. The van der Waals surface area contributed by atoms with E-state index in [1.54, 1.807) is 28.8 Å². The monoisotopic (exact) mass is 293 g/mol. The first-order valence-electron chi connectivity index (χ1n) is 7.59. The maximum atomic E-state index is 12.1. The van der Waals surface area contributed by atoms with Gasteiger partial charge in [-0.1, -0.05) is 13.3 Å². The van der Waals surface area contributed by atoms with E-state index in [-0.39, 0.29) is 17.7 Å². The van der Waals surface area contributed by atoms with E-state index in [0.29, 0.717) is 25.4 Å². The first-order valence-corrected chi connectivity index (χ1v) is 7.59. The van der Waals surface area contributed by atoms with Crippen molar-refractivity contribution in [1.82, 2.24) is 14.5 Å². The van der Waals surface area contributed by atoms with Crippen LogP contribution in [0.2, 0.25) is 0 Å². The van der Waals surface area contributed by atoms with Gasteiger partial charge in [0.1, 0.15) is 5.69 Å². The molecule has 1 fully saturated rings. The second-order valence-electron chi connectivity index (χ2n) is 5.44. The van der Waals surface area contributed by atoms with Crippen LogP contribution in [0.4, 0.5) is 4.79 Å². The van der Waals surface area contributed by atoms with Crippen LogP contribution in [0, 0.1) is 6.92 Å². The van der Waals surface area contributed by atoms with Gasteiger partial charge < -0.3 is 14.2 Å². The van der Waals surface area contributed by atoms with E-state index in [1.165, 1.54) is 0 Å². The van der Waals surface area contributed by atoms with Crippen molar-refractivity contribution in [3.05, 3.63) is 28.4 Å². The zero-order chi connectivity index (χ0) is 15.2. The number of aryl methyl sites for hydroxylation is 1. The van der Waals surface area contributed by atoms with Gasteiger partial charge in [-0.15, -0.1) is 0 Å². The van der Waals surface area contributed by atoms with Crippen LogP contribution in [0.1, 0.15) is 44.3 Å². The molecule has 0 saturated carbocycles. The summed E-state index contributed by atoms with van der Waals surface area (Å²) in [6.07, 6.45) is 6.71. The van der Waals surface area contributed by atoms with Crippen molar-refractivity contribution in [3.8, 4) is 0 Å². The third kappa shape index (κ3) is 3.83. The summed E-state index contributed by atoms with van der Waals surface area (Å²) < 4.78 is 6.94. The summed E-state index contributed by atoms with van der Waals surface area (Å²) in [6.45, 7) is 5.45. The van der Waals surface area contributed by atoms with Crippen molar-refractivity contribution in [2.24, 2.45) is 0 Å². The van der Waals surface area contributed by atoms with Gasteiger partial charge in [-0.3, -0.25) is 9.78 Å². The topological polar surface area (TPSA) is 64.4 Å². The zero-order valence-corrected chi connectivity index (χ0v) is 12.7. The lowest BCUT2D eigenvalue weighted by atomic mass is 10.1. The Labute approximate surface area is 124 Å². The van der Waals surface area contributed by atoms with Crippen molar-refractivity contribution in [1.29, 1.82) is 0 Å². The number of piperidine rings is 1. The molecule has 116 valence electrons. The molecule has 1 saturated heterocycles. The fourth-order valence-electron chi connectivity index (χ4n) is 2.56. The molecule has 0 N–H and O–H groups in total. The molecule has 6 heteroatoms. The molecule has 1 amide bonds. The summed E-state index contributed by atoms with van der Waals surface area (Å²) in [5.41, 5.74) is 0.406. The number of ether oxygens (including phenoxy) is 1. The highest BCUT2D eigenvalue weighted by Gasteiger charge is 2.26. The van der Waals surface area contributed by atoms with Gasteiger partial charge in [0.2, 0.25) is 0 Å². The van der Waals surface area contributed by atoms with Gasteiger partial charge in [0, 0.05) is 25.5 Å². The molecule has 0 unspecified atom stereocenters. The molecule has 21 heavy (non-hydrogen) atoms. The summed E-state index contributed by atoms with van der Waals surface area (Å²) in [5.74, 6) is 0. The van der Waals surface area contributed by atoms with E-state index in [4.69, 9.17) is 4.74 Å². The lowest BCUT2D eigenvalue weighted by Crippen LogP contribution is -2.43. The van der Waals surface area contributed by atoms with Gasteiger partial charge in [0.05, 0.1) is 12.6 Å². The molecular formula is C15H23N3O3. The normalized spacial score (nSPS) is 18.6. The maximum absolute atomic E-state index is 12.1. The molecule has 1 aromatic heterocycles. The van der Waals surface area contributed by atoms with Crippen LogP contribution in [0.15, 0.2) is 17.2 Å². The molecule has 1 aliphatic rings. The number of nitrogens with zero attached hydrogens (tertiary/aromatic N) is 3. The summed E-state index contributed by atoms with van der Waals surface area (Å²) in [7, 11) is 0. The number of likely N-dealkylation sites (tertiary alicyclic amines) is 1. The molecule has 0 aliphatic carbocycles. The smallest absolute Gasteiger partial charge is 0.409 e. The average Bonchev–Trinajstić information content (AvgIpc) is 2.50. The van der Waals surface area contributed by atoms with Gasteiger partial charge in [0.15, 0.2) is 0 Å². The molecular weight excluding hydrogens is 270 g/mol. The third-order valence-corrected chi connectivity index (χ3v) is 3.81. The zero-order valence-electron chi connectivity index (χ0n) is 12.7. The molecule has 0 bridgehead atoms. The molecule has 0 aromatic carbocycles. The Balaban J connectivity index is 2.02. The average molecular weight is 293 g/mol. The molecule has 0 spiro atoms. The predicted molar refractivity (Wildman–Crippen MR) is 79.3 cm³/mol. The van der Waals surface area contributed by atoms with Gasteiger partial charge in [-0.25, -0.2) is 4.79 Å². The lowest BCUT2D eigenvalue weighted by Gasteiger charge is -2.33. The van der Waals surface area contributed by atoms with Crippen molar-refractivity contribution in [3.63, 3.8) is 0 Å². The molecule has 1 aliphatic heterocycles. The number of amides is 1. The van der Waals surface area contributed by atoms with E-state index in [1.807, 2.05) is 0 Å². The highest BCUT2D eigenvalue weighted by Crippen LogP contribution is 2.20. The first kappa shape index (κ1) is 15.5. The molecule has 0 radical (unpaired) electrons. The van der Waals surface area contributed by atoms with Crippen LogP contribution in [0.25, 0.3) is 0 Å². The molecule has 6 nitrogen and oxygen atoms in total. The Hall–Kier alpha value is -1.85. The number of hydrogen-bond donors (Lipinski definition) is 0. The molecule has 1 aromatic rings. The van der Waals surface area contributed by atoms with Crippen molar-refractivity contribution in [2.45, 2.75) is 45.6 Å². The quantitative estimate of drug-likeness (QED) is 0.798. The second kappa shape index (κ2) is 7.24. The lowest BCUT2D eigenvalue weighted by molar-refractivity contribution is 0.0841. The number of hydrogen-bond acceptors (Lipinski definition) is 4. The Morgan fingerprint density at radius 1 is 1.52 bits per heavy atom. The number of aromatic nitrogens is 2. The minimum Gasteiger partial charge on any atom is -0.449 e. The van der Waals surface area contributed by atoms with E-state index in [9.17, 15) is 9.59 Å². The van der Waals surface area contributed by atoms with Gasteiger partial charge in [-0.2, -0.15) is 0 Å². The highest BCUT2D eigenvalue weighted by molar-refractivity contribution is 5.67. The fraction of sp³-hybridized carbons (Fsp3) is 0.667. The summed E-state index contributed by atoms with van der Waals surface area (Å²) in [5, 5.41) is 0. The van der Waals surface area contributed by atoms with E-state index < -0.39 is 0 Å². The van der Waals surface area contributed by atoms with Gasteiger partial charge in [0.25, 0.3) is 5.56 Å². The van der Waals surface area contributed by atoms with E-state index in [0.717, 1.165) is 25.7 Å². The van der Waals surface area contributed by atoms with Gasteiger partial charge >= 0.3 is 6.09 Å². The SMILES string of the molecule is CCCCOC(=O)N1CCC[C@@H](n2ccnc(C)c2=O)C1. The minimum atomic E-state index is -0.271. The number of rotatable bonds is 4. The second-order valence-corrected chi connectivity index (χ2v) is 5.44. The maximum Gasteiger partial charge on any atom is 0.409 e. The summed E-state index contributed by atoms with van der Waals surface area (Å²) >= 11 is 0. The highest BCUT2D eigenvalue weighted by atomic mass is 16.6. The Kier molecular flexibility index (Phi) is 5.36. The Bertz CT molecular complexity index is 541. The van der Waals surface area contributed by atoms with Crippen LogP contribution in [0.3, 0.4) is 0 Å². The van der Waals surface area contributed by atoms with Gasteiger partial charge in [-0.05, 0) is 26.2 Å². The van der Waals surface area contributed by atoms with Crippen LogP contribution in [-0.2, 0) is 4.74 Å². The molecule has 2 rings (SSSR count). The third-order valence-electron chi connectivity index (χ3n) is 3.81. The molecule has 2 heterocycles. The standard InChI is InChI=1S/C15H23N3O3/c1-3-4-10-21-15(20)17-8-5-6-13(11-17)18-9-7-16-12(2)14(18)19/h7,9,13H,3-6,8,10-11H2,1-2H3/t13-/m1/s1. The largest absolute Gasteiger partial charge is 0.449 e. The van der Waals surface area contributed by atoms with Crippen LogP contribution < -0.4 is 5.56 Å². The van der Waals surface area contributed by atoms with Crippen LogP contribution in [-0.4, -0.2) is 40.2 Å². The van der Waals surface area contributed by atoms with Crippen molar-refractivity contribution < 1.29 is 9.53 Å². The number of carbonyl (C=O) groups is 1.